The monoisotopic (exact) mass is 1130 g/mol. The highest BCUT2D eigenvalue weighted by Gasteiger charge is 2.42. The lowest BCUT2D eigenvalue weighted by atomic mass is 9.71. The molecular weight excluding hydrogens is 1050 g/mol. The first-order valence-electron chi connectivity index (χ1n) is 28.5. The summed E-state index contributed by atoms with van der Waals surface area (Å²) >= 11 is 0. The third-order valence-electron chi connectivity index (χ3n) is 15.4. The first-order valence-corrected chi connectivity index (χ1v) is 28.5. The lowest BCUT2D eigenvalue weighted by Gasteiger charge is -2.34. The van der Waals surface area contributed by atoms with Crippen molar-refractivity contribution in [3.8, 4) is 23.0 Å². The third-order valence-corrected chi connectivity index (χ3v) is 15.4. The molecule has 0 unspecified atom stereocenters. The van der Waals surface area contributed by atoms with E-state index in [1.807, 2.05) is 27.7 Å². The molecule has 3 saturated carbocycles. The minimum atomic E-state index is -0.953. The van der Waals surface area contributed by atoms with Crippen LogP contribution in [-0.4, -0.2) is 122 Å². The standard InChI is InChI=1S/C61H80N2O18/c1-8-51(64)74-34-14-16-36-76-55(68)40-18-20-43(21-19-40)59(72)80-49-28-26-45(38-47(49)53(66)62(10-3)11-4)78-57(70)41-22-24-42(25-23-41)58(71)79-46-27-29-50(48(39-46)54(67)63(12-5)13-6)81-60(73)61(7)32-30-44(31-33-61)56(69)77-37-17-15-35-75-52(65)9-2/h8-9,26-29,38-44H,1-2,10-25,30-37H2,3-7H3. The summed E-state index contributed by atoms with van der Waals surface area (Å²) in [5, 5.41) is 0. The number of esters is 8. The van der Waals surface area contributed by atoms with E-state index in [9.17, 15) is 47.9 Å². The molecule has 20 heteroatoms. The Bertz CT molecular complexity index is 2560. The molecule has 0 aliphatic heterocycles. The van der Waals surface area contributed by atoms with Crippen molar-refractivity contribution in [3.63, 3.8) is 0 Å². The van der Waals surface area contributed by atoms with Crippen LogP contribution in [0, 0.1) is 35.0 Å². The molecule has 0 spiro atoms. The van der Waals surface area contributed by atoms with Gasteiger partial charge in [0.2, 0.25) is 0 Å². The highest BCUT2D eigenvalue weighted by atomic mass is 16.6. The fourth-order valence-electron chi connectivity index (χ4n) is 10.1. The lowest BCUT2D eigenvalue weighted by molar-refractivity contribution is -0.155. The van der Waals surface area contributed by atoms with Crippen LogP contribution >= 0.6 is 0 Å². The minimum Gasteiger partial charge on any atom is -0.465 e. The lowest BCUT2D eigenvalue weighted by Crippen LogP contribution is -2.38. The van der Waals surface area contributed by atoms with E-state index >= 15 is 0 Å². The van der Waals surface area contributed by atoms with Gasteiger partial charge >= 0.3 is 47.8 Å². The zero-order chi connectivity index (χ0) is 59.1. The summed E-state index contributed by atoms with van der Waals surface area (Å²) in [5.41, 5.74) is -0.878. The SMILES string of the molecule is C=CC(=O)OCCCCOC(=O)C1CCC(C(=O)Oc2ccc(OC(=O)C3CCC(C(=O)Oc4ccc(OC(=O)C5(C)CCC(C(=O)OCCCCOC(=O)C=C)CC5)c(C(=O)N(CC)CC)c4)CC3)cc2C(=O)N(CC)CC)CC1. The van der Waals surface area contributed by atoms with Crippen LogP contribution in [0.25, 0.3) is 0 Å². The van der Waals surface area contributed by atoms with Gasteiger partial charge in [0.15, 0.2) is 0 Å². The number of hydrogen-bond donors (Lipinski definition) is 0. The Morgan fingerprint density at radius 2 is 0.778 bits per heavy atom. The molecule has 0 atom stereocenters. The number of nitrogens with zero attached hydrogens (tertiary/aromatic N) is 2. The maximum Gasteiger partial charge on any atom is 0.330 e. The van der Waals surface area contributed by atoms with Crippen LogP contribution < -0.4 is 18.9 Å². The zero-order valence-corrected chi connectivity index (χ0v) is 47.6. The van der Waals surface area contributed by atoms with Gasteiger partial charge in [-0.2, -0.15) is 0 Å². The molecule has 442 valence electrons. The summed E-state index contributed by atoms with van der Waals surface area (Å²) in [7, 11) is 0. The Morgan fingerprint density at radius 3 is 1.14 bits per heavy atom. The van der Waals surface area contributed by atoms with Gasteiger partial charge in [-0.1, -0.05) is 13.2 Å². The van der Waals surface area contributed by atoms with Crippen LogP contribution in [-0.2, 0) is 57.3 Å². The summed E-state index contributed by atoms with van der Waals surface area (Å²) in [5.74, 6) is -7.07. The van der Waals surface area contributed by atoms with E-state index in [1.165, 1.54) is 36.4 Å². The van der Waals surface area contributed by atoms with E-state index in [0.717, 1.165) is 12.2 Å². The molecule has 2 aromatic rings. The molecule has 5 rings (SSSR count). The van der Waals surface area contributed by atoms with Crippen LogP contribution in [0.4, 0.5) is 0 Å². The van der Waals surface area contributed by atoms with Crippen LogP contribution in [0.3, 0.4) is 0 Å². The van der Waals surface area contributed by atoms with Gasteiger partial charge in [-0.25, -0.2) is 9.59 Å². The first-order chi connectivity index (χ1) is 38.9. The smallest absolute Gasteiger partial charge is 0.330 e. The fourth-order valence-corrected chi connectivity index (χ4v) is 10.1. The molecule has 2 aromatic carbocycles. The molecule has 20 nitrogen and oxygen atoms in total. The van der Waals surface area contributed by atoms with E-state index in [2.05, 4.69) is 13.2 Å². The molecule has 0 aromatic heterocycles. The van der Waals surface area contributed by atoms with E-state index in [-0.39, 0.29) is 78.4 Å². The van der Waals surface area contributed by atoms with Crippen molar-refractivity contribution >= 4 is 59.6 Å². The van der Waals surface area contributed by atoms with Crippen molar-refractivity contribution < 1.29 is 85.8 Å². The van der Waals surface area contributed by atoms with E-state index < -0.39 is 76.7 Å². The molecule has 0 heterocycles. The van der Waals surface area contributed by atoms with Gasteiger partial charge < -0.3 is 47.7 Å². The molecule has 0 N–H and O–H groups in total. The predicted molar refractivity (Wildman–Crippen MR) is 294 cm³/mol. The van der Waals surface area contributed by atoms with E-state index in [4.69, 9.17) is 37.9 Å². The van der Waals surface area contributed by atoms with Gasteiger partial charge in [-0.15, -0.1) is 0 Å². The molecule has 3 aliphatic rings. The molecule has 2 amide bonds. The van der Waals surface area contributed by atoms with Crippen molar-refractivity contribution in [2.45, 2.75) is 137 Å². The molecule has 3 aliphatic carbocycles. The normalized spacial score (nSPS) is 20.4. The number of carbonyl (C=O) groups is 10. The number of amides is 2. The second kappa shape index (κ2) is 32.2. The second-order valence-corrected chi connectivity index (χ2v) is 20.8. The van der Waals surface area contributed by atoms with Crippen molar-refractivity contribution in [3.05, 3.63) is 72.8 Å². The molecule has 0 radical (unpaired) electrons. The van der Waals surface area contributed by atoms with Crippen molar-refractivity contribution in [2.24, 2.45) is 35.0 Å². The Kier molecular flexibility index (Phi) is 25.6. The quantitative estimate of drug-likeness (QED) is 0.0253. The highest BCUT2D eigenvalue weighted by Crippen LogP contribution is 2.42. The molecule has 3 fully saturated rings. The summed E-state index contributed by atoms with van der Waals surface area (Å²) in [4.78, 5) is 133. The van der Waals surface area contributed by atoms with Crippen molar-refractivity contribution in [1.82, 2.24) is 9.80 Å². The summed E-state index contributed by atoms with van der Waals surface area (Å²) in [6.07, 6.45) is 8.55. The van der Waals surface area contributed by atoms with Crippen molar-refractivity contribution in [2.75, 3.05) is 52.6 Å². The largest absolute Gasteiger partial charge is 0.465 e. The van der Waals surface area contributed by atoms with Crippen LogP contribution in [0.15, 0.2) is 61.7 Å². The molecule has 0 bridgehead atoms. The van der Waals surface area contributed by atoms with Gasteiger partial charge in [0.1, 0.15) is 23.0 Å². The Balaban J connectivity index is 1.13. The minimum absolute atomic E-state index is 0.00437. The zero-order valence-electron chi connectivity index (χ0n) is 47.6. The van der Waals surface area contributed by atoms with Gasteiger partial charge in [-0.05, 0) is 174 Å². The summed E-state index contributed by atoms with van der Waals surface area (Å²) in [6, 6.07) is 8.55. The third kappa shape index (κ3) is 18.8. The number of unbranched alkanes of at least 4 members (excludes halogenated alkanes) is 2. The number of ether oxygens (including phenoxy) is 8. The van der Waals surface area contributed by atoms with Gasteiger partial charge in [-0.3, -0.25) is 38.4 Å². The fraction of sp³-hybridized carbons (Fsp3) is 0.574. The molecular formula is C61H80N2O18. The summed E-state index contributed by atoms with van der Waals surface area (Å²) < 4.78 is 44.2. The number of carbonyl (C=O) groups excluding carboxylic acids is 10. The van der Waals surface area contributed by atoms with Crippen molar-refractivity contribution in [1.29, 1.82) is 0 Å². The Morgan fingerprint density at radius 1 is 0.457 bits per heavy atom. The van der Waals surface area contributed by atoms with Crippen LogP contribution in [0.5, 0.6) is 23.0 Å². The van der Waals surface area contributed by atoms with Crippen LogP contribution in [0.2, 0.25) is 0 Å². The average molecular weight is 1130 g/mol. The average Bonchev–Trinajstić information content (AvgIpc) is 3.53. The predicted octanol–water partition coefficient (Wildman–Crippen LogP) is 8.89. The maximum absolute atomic E-state index is 13.9. The highest BCUT2D eigenvalue weighted by molar-refractivity contribution is 5.99. The number of hydrogen-bond acceptors (Lipinski definition) is 18. The molecule has 81 heavy (non-hydrogen) atoms. The number of benzene rings is 2. The van der Waals surface area contributed by atoms with Gasteiger partial charge in [0, 0.05) is 38.3 Å². The Labute approximate surface area is 474 Å². The molecule has 0 saturated heterocycles. The van der Waals surface area contributed by atoms with E-state index in [0.29, 0.717) is 129 Å². The Hall–Kier alpha value is -7.38. The summed E-state index contributed by atoms with van der Waals surface area (Å²) in [6.45, 7) is 17.9. The first kappa shape index (κ1) is 64.4. The van der Waals surface area contributed by atoms with Gasteiger partial charge in [0.25, 0.3) is 11.8 Å². The number of rotatable bonds is 28. The van der Waals surface area contributed by atoms with E-state index in [1.54, 1.807) is 16.7 Å². The maximum atomic E-state index is 13.9. The van der Waals surface area contributed by atoms with Gasteiger partial charge in [0.05, 0.1) is 72.6 Å². The topological polar surface area (TPSA) is 251 Å². The second-order valence-electron chi connectivity index (χ2n) is 20.8. The van der Waals surface area contributed by atoms with Crippen LogP contribution in [0.1, 0.15) is 158 Å².